The molecule has 18 heavy (non-hydrogen) atoms. The minimum Gasteiger partial charge on any atom is -0.463 e. The monoisotopic (exact) mass is 253 g/mol. The average Bonchev–Trinajstić information content (AvgIpc) is 2.88. The first-order valence-electron chi connectivity index (χ1n) is 5.57. The van der Waals surface area contributed by atoms with Gasteiger partial charge in [-0.25, -0.2) is 4.79 Å². The molecule has 0 amide bonds. The Morgan fingerprint density at radius 1 is 1.50 bits per heavy atom. The predicted octanol–water partition coefficient (Wildman–Crippen LogP) is 2.46. The third-order valence-corrected chi connectivity index (χ3v) is 2.32. The van der Waals surface area contributed by atoms with Crippen LogP contribution in [0.4, 0.5) is 0 Å². The van der Waals surface area contributed by atoms with Gasteiger partial charge in [0.05, 0.1) is 11.8 Å². The second-order valence-electron chi connectivity index (χ2n) is 3.70. The predicted molar refractivity (Wildman–Crippen MR) is 63.9 cm³/mol. The van der Waals surface area contributed by atoms with Crippen LogP contribution in [0.1, 0.15) is 32.2 Å². The first kappa shape index (κ1) is 12.2. The standard InChI is InChI=1S/C12H13NO5.H2/c1-3-11(14)17-7(2)18-12(15)9-6-10-8(13-9)4-5-16-10;/h4-7,13H,3H2,1-2H3;1H. The third-order valence-electron chi connectivity index (χ3n) is 2.32. The number of carbonyl (C=O) groups is 2. The maximum atomic E-state index is 11.7. The maximum Gasteiger partial charge on any atom is 0.357 e. The molecule has 0 saturated carbocycles. The molecule has 0 bridgehead atoms. The van der Waals surface area contributed by atoms with Crippen LogP contribution in [-0.4, -0.2) is 23.2 Å². The second-order valence-corrected chi connectivity index (χ2v) is 3.70. The Labute approximate surface area is 104 Å². The van der Waals surface area contributed by atoms with E-state index in [2.05, 4.69) is 4.98 Å². The molecule has 2 aromatic rings. The van der Waals surface area contributed by atoms with Gasteiger partial charge < -0.3 is 18.9 Å². The lowest BCUT2D eigenvalue weighted by Crippen LogP contribution is -2.21. The quantitative estimate of drug-likeness (QED) is 0.668. The van der Waals surface area contributed by atoms with Crippen LogP contribution in [-0.2, 0) is 14.3 Å². The lowest BCUT2D eigenvalue weighted by Gasteiger charge is -2.12. The minimum atomic E-state index is -0.917. The van der Waals surface area contributed by atoms with Crippen LogP contribution in [0.5, 0.6) is 0 Å². The number of hydrogen-bond acceptors (Lipinski definition) is 5. The van der Waals surface area contributed by atoms with Crippen molar-refractivity contribution in [3.05, 3.63) is 24.1 Å². The van der Waals surface area contributed by atoms with Crippen molar-refractivity contribution < 1.29 is 24.9 Å². The number of fused-ring (bicyclic) bond motifs is 1. The van der Waals surface area contributed by atoms with E-state index >= 15 is 0 Å². The molecule has 0 radical (unpaired) electrons. The van der Waals surface area contributed by atoms with Crippen LogP contribution in [0.2, 0.25) is 0 Å². The molecular formula is C12H15NO5. The third kappa shape index (κ3) is 2.53. The van der Waals surface area contributed by atoms with E-state index < -0.39 is 18.2 Å². The zero-order valence-electron chi connectivity index (χ0n) is 10.1. The van der Waals surface area contributed by atoms with Crippen LogP contribution in [0.25, 0.3) is 11.1 Å². The Kier molecular flexibility index (Phi) is 3.36. The summed E-state index contributed by atoms with van der Waals surface area (Å²) in [5.41, 5.74) is 1.53. The second kappa shape index (κ2) is 4.95. The zero-order valence-corrected chi connectivity index (χ0v) is 10.1. The van der Waals surface area contributed by atoms with Crippen LogP contribution >= 0.6 is 0 Å². The van der Waals surface area contributed by atoms with Crippen LogP contribution in [0.3, 0.4) is 0 Å². The Balaban J connectivity index is 0.00000180. The van der Waals surface area contributed by atoms with E-state index in [0.29, 0.717) is 11.1 Å². The minimum absolute atomic E-state index is 0. The lowest BCUT2D eigenvalue weighted by atomic mass is 10.4. The van der Waals surface area contributed by atoms with Gasteiger partial charge in [0.25, 0.3) is 0 Å². The number of carbonyl (C=O) groups excluding carboxylic acids is 2. The smallest absolute Gasteiger partial charge is 0.357 e. The largest absolute Gasteiger partial charge is 0.463 e. The van der Waals surface area contributed by atoms with Crippen molar-refractivity contribution in [3.8, 4) is 0 Å². The van der Waals surface area contributed by atoms with Gasteiger partial charge in [-0.05, 0) is 0 Å². The average molecular weight is 253 g/mol. The van der Waals surface area contributed by atoms with Gasteiger partial charge in [-0.15, -0.1) is 0 Å². The van der Waals surface area contributed by atoms with Gasteiger partial charge in [0.1, 0.15) is 5.69 Å². The molecule has 0 aliphatic heterocycles. The summed E-state index contributed by atoms with van der Waals surface area (Å²) in [5, 5.41) is 0. The van der Waals surface area contributed by atoms with Gasteiger partial charge in [0, 0.05) is 26.9 Å². The highest BCUT2D eigenvalue weighted by Gasteiger charge is 2.17. The van der Waals surface area contributed by atoms with E-state index in [4.69, 9.17) is 13.9 Å². The molecule has 6 nitrogen and oxygen atoms in total. The molecule has 2 rings (SSSR count). The van der Waals surface area contributed by atoms with Crippen molar-refractivity contribution in [2.24, 2.45) is 0 Å². The number of aromatic nitrogens is 1. The summed E-state index contributed by atoms with van der Waals surface area (Å²) < 4.78 is 14.9. The summed E-state index contributed by atoms with van der Waals surface area (Å²) in [6.07, 6.45) is 0.832. The topological polar surface area (TPSA) is 81.5 Å². The Morgan fingerprint density at radius 2 is 2.28 bits per heavy atom. The van der Waals surface area contributed by atoms with Crippen molar-refractivity contribution >= 4 is 23.0 Å². The summed E-state index contributed by atoms with van der Waals surface area (Å²) in [6, 6.07) is 3.23. The number of ether oxygens (including phenoxy) is 2. The van der Waals surface area contributed by atoms with Gasteiger partial charge >= 0.3 is 11.9 Å². The molecule has 0 spiro atoms. The van der Waals surface area contributed by atoms with Crippen molar-refractivity contribution in [2.45, 2.75) is 26.6 Å². The van der Waals surface area contributed by atoms with Gasteiger partial charge in [0.2, 0.25) is 6.29 Å². The fraction of sp³-hybridized carbons (Fsp3) is 0.333. The Hall–Kier alpha value is -2.24. The molecule has 2 heterocycles. The van der Waals surface area contributed by atoms with Crippen LogP contribution < -0.4 is 0 Å². The fourth-order valence-electron chi connectivity index (χ4n) is 1.46. The molecule has 1 N–H and O–H groups in total. The molecule has 6 heteroatoms. The Bertz CT molecular complexity index is 545. The number of aromatic amines is 1. The van der Waals surface area contributed by atoms with Gasteiger partial charge in [-0.3, -0.25) is 4.79 Å². The molecule has 98 valence electrons. The van der Waals surface area contributed by atoms with E-state index in [1.54, 1.807) is 13.0 Å². The van der Waals surface area contributed by atoms with Gasteiger partial charge in [-0.2, -0.15) is 0 Å². The molecule has 0 saturated heterocycles. The highest BCUT2D eigenvalue weighted by atomic mass is 16.7. The number of nitrogens with one attached hydrogen (secondary N) is 1. The van der Waals surface area contributed by atoms with Crippen molar-refractivity contribution in [1.29, 1.82) is 0 Å². The maximum absolute atomic E-state index is 11.7. The summed E-state index contributed by atoms with van der Waals surface area (Å²) in [5.74, 6) is -1.02. The molecule has 0 fully saturated rings. The normalized spacial score (nSPS) is 12.3. The Morgan fingerprint density at radius 3 is 2.94 bits per heavy atom. The molecule has 2 aromatic heterocycles. The van der Waals surface area contributed by atoms with E-state index in [1.807, 2.05) is 0 Å². The van der Waals surface area contributed by atoms with E-state index in [9.17, 15) is 9.59 Å². The summed E-state index contributed by atoms with van der Waals surface area (Å²) >= 11 is 0. The van der Waals surface area contributed by atoms with Crippen molar-refractivity contribution in [1.82, 2.24) is 4.98 Å². The highest BCUT2D eigenvalue weighted by molar-refractivity contribution is 5.93. The number of H-pyrrole nitrogens is 1. The SMILES string of the molecule is CCC(=O)OC(C)OC(=O)c1cc2occc2[nH]1.[HH]. The molecule has 0 aliphatic carbocycles. The van der Waals surface area contributed by atoms with E-state index in [1.165, 1.54) is 19.3 Å². The molecular weight excluding hydrogens is 238 g/mol. The molecule has 1 unspecified atom stereocenters. The summed E-state index contributed by atoms with van der Waals surface area (Å²) in [7, 11) is 0. The lowest BCUT2D eigenvalue weighted by molar-refractivity contribution is -0.165. The highest BCUT2D eigenvalue weighted by Crippen LogP contribution is 2.17. The first-order valence-corrected chi connectivity index (χ1v) is 5.57. The molecule has 0 aromatic carbocycles. The van der Waals surface area contributed by atoms with E-state index in [-0.39, 0.29) is 13.5 Å². The van der Waals surface area contributed by atoms with Crippen LogP contribution in [0.15, 0.2) is 22.8 Å². The first-order chi connectivity index (χ1) is 8.60. The zero-order chi connectivity index (χ0) is 13.1. The summed E-state index contributed by atoms with van der Waals surface area (Å²) in [4.78, 5) is 25.5. The number of esters is 2. The van der Waals surface area contributed by atoms with E-state index in [0.717, 1.165) is 0 Å². The number of furan rings is 1. The molecule has 0 aliphatic rings. The van der Waals surface area contributed by atoms with Gasteiger partial charge in [0.15, 0.2) is 5.58 Å². The van der Waals surface area contributed by atoms with Crippen LogP contribution in [0, 0.1) is 0 Å². The van der Waals surface area contributed by atoms with Crippen molar-refractivity contribution in [3.63, 3.8) is 0 Å². The number of rotatable bonds is 4. The number of hydrogen-bond donors (Lipinski definition) is 1. The molecule has 1 atom stereocenters. The van der Waals surface area contributed by atoms with Gasteiger partial charge in [-0.1, -0.05) is 6.92 Å². The summed E-state index contributed by atoms with van der Waals surface area (Å²) in [6.45, 7) is 3.15. The fourth-order valence-corrected chi connectivity index (χ4v) is 1.46. The van der Waals surface area contributed by atoms with Crippen molar-refractivity contribution in [2.75, 3.05) is 0 Å².